The van der Waals surface area contributed by atoms with Crippen LogP contribution in [-0.4, -0.2) is 24.9 Å². The van der Waals surface area contributed by atoms with E-state index >= 15 is 0 Å². The molecule has 3 heterocycles. The summed E-state index contributed by atoms with van der Waals surface area (Å²) in [6.07, 6.45) is 6.67. The highest BCUT2D eigenvalue weighted by Gasteiger charge is 2.39. The maximum Gasteiger partial charge on any atom is 0.206 e. The molecule has 31 heavy (non-hydrogen) atoms. The zero-order chi connectivity index (χ0) is 21.8. The minimum absolute atomic E-state index is 0.0181. The molecule has 0 N–H and O–H groups in total. The molecule has 0 spiro atoms. The molecule has 0 radical (unpaired) electrons. The minimum atomic E-state index is -0.164. The lowest BCUT2D eigenvalue weighted by Crippen LogP contribution is -2.49. The molecule has 1 unspecified atom stereocenters. The highest BCUT2D eigenvalue weighted by Crippen LogP contribution is 2.38. The first-order valence-electron chi connectivity index (χ1n) is 10.8. The molecule has 4 aromatic rings. The fraction of sp³-hybridized carbons (Fsp3) is 0.360. The molecule has 0 amide bonds. The Morgan fingerprint density at radius 2 is 1.84 bits per heavy atom. The lowest BCUT2D eigenvalue weighted by Gasteiger charge is -2.29. The van der Waals surface area contributed by atoms with Gasteiger partial charge in [-0.1, -0.05) is 64.1 Å². The van der Waals surface area contributed by atoms with Crippen molar-refractivity contribution in [1.82, 2.24) is 24.9 Å². The van der Waals surface area contributed by atoms with Crippen molar-refractivity contribution < 1.29 is 4.68 Å². The molecule has 158 valence electrons. The Bertz CT molecular complexity index is 1260. The summed E-state index contributed by atoms with van der Waals surface area (Å²) in [5.74, 6) is 0. The molecule has 0 saturated carbocycles. The molecular formula is C25H29N6+. The maximum atomic E-state index is 4.73. The van der Waals surface area contributed by atoms with E-state index in [1.807, 2.05) is 13.1 Å². The Morgan fingerprint density at radius 1 is 1.03 bits per heavy atom. The summed E-state index contributed by atoms with van der Waals surface area (Å²) in [7, 11) is 0. The average molecular weight is 414 g/mol. The zero-order valence-electron chi connectivity index (χ0n) is 18.9. The summed E-state index contributed by atoms with van der Waals surface area (Å²) in [6, 6.07) is 15.2. The third-order valence-electron chi connectivity index (χ3n) is 6.25. The van der Waals surface area contributed by atoms with Gasteiger partial charge in [-0.25, -0.2) is 0 Å². The summed E-state index contributed by atoms with van der Waals surface area (Å²) in [5.41, 5.74) is 6.85. The first-order chi connectivity index (χ1) is 14.8. The number of hydrogen-bond donors (Lipinski definition) is 0. The van der Waals surface area contributed by atoms with Gasteiger partial charge in [0.1, 0.15) is 12.2 Å². The van der Waals surface area contributed by atoms with Crippen molar-refractivity contribution in [3.63, 3.8) is 0 Å². The van der Waals surface area contributed by atoms with Crippen molar-refractivity contribution in [2.75, 3.05) is 0 Å². The monoisotopic (exact) mass is 413 g/mol. The lowest BCUT2D eigenvalue weighted by molar-refractivity contribution is -0.776. The molecule has 0 aliphatic carbocycles. The van der Waals surface area contributed by atoms with Crippen LogP contribution in [0.25, 0.3) is 11.4 Å². The van der Waals surface area contributed by atoms with Gasteiger partial charge < -0.3 is 0 Å². The van der Waals surface area contributed by atoms with E-state index in [0.717, 1.165) is 24.3 Å². The van der Waals surface area contributed by atoms with Crippen LogP contribution in [0, 0.1) is 6.92 Å². The smallest absolute Gasteiger partial charge is 0.157 e. The summed E-state index contributed by atoms with van der Waals surface area (Å²) in [4.78, 5) is 3.84. The van der Waals surface area contributed by atoms with Crippen molar-refractivity contribution in [1.29, 1.82) is 0 Å². The van der Waals surface area contributed by atoms with E-state index in [4.69, 9.17) is 5.10 Å². The number of benzene rings is 2. The predicted octanol–water partition coefficient (Wildman–Crippen LogP) is 3.86. The van der Waals surface area contributed by atoms with Crippen molar-refractivity contribution in [2.24, 2.45) is 0 Å². The van der Waals surface area contributed by atoms with Crippen LogP contribution in [0.3, 0.4) is 0 Å². The van der Waals surface area contributed by atoms with Crippen LogP contribution in [0.4, 0.5) is 0 Å². The number of rotatable bonds is 2. The Morgan fingerprint density at radius 3 is 2.58 bits per heavy atom. The molecule has 2 aromatic heterocycles. The molecule has 1 aliphatic heterocycles. The second kappa shape index (κ2) is 6.87. The molecule has 0 bridgehead atoms. The predicted molar refractivity (Wildman–Crippen MR) is 120 cm³/mol. The van der Waals surface area contributed by atoms with Gasteiger partial charge in [0, 0.05) is 10.5 Å². The van der Waals surface area contributed by atoms with E-state index < -0.39 is 0 Å². The first kappa shape index (κ1) is 19.7. The van der Waals surface area contributed by atoms with Crippen LogP contribution in [0.1, 0.15) is 50.1 Å². The van der Waals surface area contributed by atoms with Crippen molar-refractivity contribution in [2.45, 2.75) is 58.4 Å². The second-order valence-corrected chi connectivity index (χ2v) is 9.89. The summed E-state index contributed by atoms with van der Waals surface area (Å²) in [6.45, 7) is 11.9. The summed E-state index contributed by atoms with van der Waals surface area (Å²) < 4.78 is 2.24. The number of para-hydroxylation sites is 2. The van der Waals surface area contributed by atoms with Crippen LogP contribution in [-0.2, 0) is 23.8 Å². The number of nitrogens with zero attached hydrogens (tertiary/aromatic N) is 6. The number of aromatic nitrogens is 6. The van der Waals surface area contributed by atoms with E-state index in [-0.39, 0.29) is 10.8 Å². The topological polar surface area (TPSA) is 52.4 Å². The highest BCUT2D eigenvalue weighted by molar-refractivity contribution is 5.52. The fourth-order valence-electron chi connectivity index (χ4n) is 4.81. The second-order valence-electron chi connectivity index (χ2n) is 9.89. The number of aryl methyl sites for hydroxylation is 1. The summed E-state index contributed by atoms with van der Waals surface area (Å²) in [5, 5.41) is 13.8. The third-order valence-corrected chi connectivity index (χ3v) is 6.25. The third kappa shape index (κ3) is 3.26. The van der Waals surface area contributed by atoms with Gasteiger partial charge in [0.2, 0.25) is 6.20 Å². The first-order valence-corrected chi connectivity index (χ1v) is 10.8. The Labute approximate surface area is 183 Å². The number of hydrogen-bond acceptors (Lipinski definition) is 3. The minimum Gasteiger partial charge on any atom is -0.157 e. The van der Waals surface area contributed by atoms with Gasteiger partial charge in [-0.15, -0.1) is 0 Å². The van der Waals surface area contributed by atoms with E-state index in [9.17, 15) is 0 Å². The van der Waals surface area contributed by atoms with Crippen LogP contribution < -0.4 is 4.68 Å². The van der Waals surface area contributed by atoms with Gasteiger partial charge in [-0.2, -0.15) is 19.7 Å². The SMILES string of the molecule is Cc1cnn(-c2ccccc2C2(C)Cc3cccc(C(C)(C)C)c3-n3ncc[n+]3C2)n1. The molecule has 0 fully saturated rings. The fourth-order valence-corrected chi connectivity index (χ4v) is 4.81. The molecule has 0 saturated heterocycles. The molecule has 6 heteroatoms. The highest BCUT2D eigenvalue weighted by atomic mass is 15.5. The van der Waals surface area contributed by atoms with Crippen molar-refractivity contribution in [3.05, 3.63) is 83.4 Å². The lowest BCUT2D eigenvalue weighted by atomic mass is 9.75. The molecule has 6 nitrogen and oxygen atoms in total. The van der Waals surface area contributed by atoms with Crippen LogP contribution in [0.15, 0.2) is 61.1 Å². The van der Waals surface area contributed by atoms with Crippen LogP contribution >= 0.6 is 0 Å². The van der Waals surface area contributed by atoms with Crippen LogP contribution in [0.2, 0.25) is 0 Å². The maximum absolute atomic E-state index is 4.73. The van der Waals surface area contributed by atoms with Crippen molar-refractivity contribution >= 4 is 0 Å². The largest absolute Gasteiger partial charge is 0.206 e. The standard InChI is InChI=1S/C25H29N6/c1-18-16-27-30(28-18)22-12-7-6-10-20(22)25(5)15-19-9-8-11-21(24(2,3)4)23(19)31-26-13-14-29(31)17-25/h6-14,16H,15,17H2,1-5H3/q+1. The van der Waals surface area contributed by atoms with E-state index in [1.165, 1.54) is 22.4 Å². The molecular weight excluding hydrogens is 384 g/mol. The molecule has 1 aliphatic rings. The average Bonchev–Trinajstić information content (AvgIpc) is 3.33. The van der Waals surface area contributed by atoms with Gasteiger partial charge >= 0.3 is 0 Å². The van der Waals surface area contributed by atoms with Gasteiger partial charge in [0.15, 0.2) is 6.20 Å². The van der Waals surface area contributed by atoms with Crippen molar-refractivity contribution in [3.8, 4) is 11.4 Å². The normalized spacial score (nSPS) is 18.4. The molecule has 1 atom stereocenters. The van der Waals surface area contributed by atoms with Gasteiger partial charge in [0.25, 0.3) is 0 Å². The Kier molecular flexibility index (Phi) is 4.36. The molecule has 5 rings (SSSR count). The summed E-state index contributed by atoms with van der Waals surface area (Å²) >= 11 is 0. The quantitative estimate of drug-likeness (QED) is 0.469. The van der Waals surface area contributed by atoms with Crippen LogP contribution in [0.5, 0.6) is 0 Å². The van der Waals surface area contributed by atoms with Gasteiger partial charge in [0.05, 0.1) is 17.6 Å². The zero-order valence-corrected chi connectivity index (χ0v) is 18.9. The van der Waals surface area contributed by atoms with E-state index in [2.05, 4.69) is 96.0 Å². The Balaban J connectivity index is 1.73. The Hall–Kier alpha value is -3.28. The van der Waals surface area contributed by atoms with E-state index in [1.54, 1.807) is 11.0 Å². The molecule has 2 aromatic carbocycles. The van der Waals surface area contributed by atoms with E-state index in [0.29, 0.717) is 0 Å². The van der Waals surface area contributed by atoms with Gasteiger partial charge in [-0.05, 0) is 46.3 Å². The number of fused-ring (bicyclic) bond motifs is 3. The van der Waals surface area contributed by atoms with Gasteiger partial charge in [-0.3, -0.25) is 0 Å².